The van der Waals surface area contributed by atoms with Crippen molar-refractivity contribution in [3.63, 3.8) is 0 Å². The van der Waals surface area contributed by atoms with E-state index < -0.39 is 0 Å². The molecule has 0 atom stereocenters. The second-order valence-corrected chi connectivity index (χ2v) is 3.43. The van der Waals surface area contributed by atoms with E-state index in [4.69, 9.17) is 0 Å². The molecule has 0 aliphatic heterocycles. The Bertz CT molecular complexity index is 399. The van der Waals surface area contributed by atoms with E-state index in [0.717, 1.165) is 11.4 Å². The third-order valence-corrected chi connectivity index (χ3v) is 2.82. The second kappa shape index (κ2) is 2.04. The van der Waals surface area contributed by atoms with Crippen molar-refractivity contribution >= 4 is 21.7 Å². The lowest BCUT2D eigenvalue weighted by atomic mass is 10.3. The molecule has 0 saturated heterocycles. The van der Waals surface area contributed by atoms with Gasteiger partial charge in [0.05, 0.1) is 16.1 Å². The summed E-state index contributed by atoms with van der Waals surface area (Å²) in [7, 11) is 1.96. The van der Waals surface area contributed by atoms with Gasteiger partial charge in [-0.05, 0) is 25.4 Å². The van der Waals surface area contributed by atoms with Gasteiger partial charge < -0.3 is 0 Å². The van der Waals surface area contributed by atoms with E-state index >= 15 is 0 Å². The lowest BCUT2D eigenvalue weighted by Crippen LogP contribution is -1.90. The summed E-state index contributed by atoms with van der Waals surface area (Å²) in [4.78, 5) is 0. The van der Waals surface area contributed by atoms with Crippen molar-refractivity contribution in [2.45, 2.75) is 13.8 Å². The van der Waals surface area contributed by atoms with E-state index in [9.17, 15) is 0 Å². The zero-order chi connectivity index (χ0) is 8.01. The van der Waals surface area contributed by atoms with Gasteiger partial charge in [-0.3, -0.25) is 4.68 Å². The van der Waals surface area contributed by atoms with Crippen LogP contribution in [0.3, 0.4) is 0 Å². The molecule has 0 spiro atoms. The van der Waals surface area contributed by atoms with E-state index in [1.165, 1.54) is 21.7 Å². The molecule has 0 amide bonds. The number of aryl methyl sites for hydroxylation is 3. The predicted molar refractivity (Wildman–Crippen MR) is 45.9 cm³/mol. The Morgan fingerprint density at radius 3 is 2.64 bits per heavy atom. The van der Waals surface area contributed by atoms with Crippen LogP contribution in [0.2, 0.25) is 0 Å². The van der Waals surface area contributed by atoms with Crippen LogP contribution in [0.15, 0.2) is 0 Å². The molecular formula is C7H9N3S. The molecule has 2 heterocycles. The average molecular weight is 167 g/mol. The summed E-state index contributed by atoms with van der Waals surface area (Å²) in [5.74, 6) is 0. The summed E-state index contributed by atoms with van der Waals surface area (Å²) < 4.78 is 7.36. The summed E-state index contributed by atoms with van der Waals surface area (Å²) >= 11 is 1.53. The number of rotatable bonds is 0. The minimum atomic E-state index is 1.08. The molecule has 58 valence electrons. The summed E-state index contributed by atoms with van der Waals surface area (Å²) in [6, 6.07) is 0. The lowest BCUT2D eigenvalue weighted by molar-refractivity contribution is 0.780. The van der Waals surface area contributed by atoms with Crippen molar-refractivity contribution in [2.24, 2.45) is 7.05 Å². The Morgan fingerprint density at radius 1 is 1.27 bits per heavy atom. The average Bonchev–Trinajstić information content (AvgIpc) is 2.41. The topological polar surface area (TPSA) is 30.7 Å². The highest BCUT2D eigenvalue weighted by molar-refractivity contribution is 7.13. The first-order chi connectivity index (χ1) is 5.20. The standard InChI is InChI=1S/C7H9N3S/c1-4-6-7(11-9-4)5(2)8-10(6)3/h1-3H3. The van der Waals surface area contributed by atoms with Crippen LogP contribution in [0.5, 0.6) is 0 Å². The predicted octanol–water partition coefficient (Wildman–Crippen LogP) is 1.65. The summed E-state index contributed by atoms with van der Waals surface area (Å²) in [6.07, 6.45) is 0. The Kier molecular flexibility index (Phi) is 1.26. The number of hydrogen-bond acceptors (Lipinski definition) is 3. The molecule has 0 saturated carbocycles. The van der Waals surface area contributed by atoms with Crippen molar-refractivity contribution in [2.75, 3.05) is 0 Å². The SMILES string of the molecule is Cc1nn(C)c2c(C)nsc12. The molecule has 11 heavy (non-hydrogen) atoms. The van der Waals surface area contributed by atoms with Gasteiger partial charge in [-0.25, -0.2) is 0 Å². The first-order valence-corrected chi connectivity index (χ1v) is 4.23. The summed E-state index contributed by atoms with van der Waals surface area (Å²) in [6.45, 7) is 4.03. The number of nitrogens with zero attached hydrogens (tertiary/aromatic N) is 3. The van der Waals surface area contributed by atoms with Crippen LogP contribution in [0.25, 0.3) is 10.2 Å². The van der Waals surface area contributed by atoms with Crippen molar-refractivity contribution < 1.29 is 0 Å². The molecule has 2 aromatic heterocycles. The third-order valence-electron chi connectivity index (χ3n) is 1.78. The van der Waals surface area contributed by atoms with Gasteiger partial charge in [0.2, 0.25) is 0 Å². The first-order valence-electron chi connectivity index (χ1n) is 3.45. The molecule has 0 N–H and O–H groups in total. The van der Waals surface area contributed by atoms with Crippen LogP contribution in [-0.2, 0) is 7.05 Å². The minimum absolute atomic E-state index is 1.08. The molecule has 2 aromatic rings. The third kappa shape index (κ3) is 0.790. The van der Waals surface area contributed by atoms with Crippen LogP contribution in [0.4, 0.5) is 0 Å². The normalized spacial score (nSPS) is 11.2. The number of fused-ring (bicyclic) bond motifs is 1. The van der Waals surface area contributed by atoms with Gasteiger partial charge in [-0.15, -0.1) is 0 Å². The van der Waals surface area contributed by atoms with Crippen LogP contribution in [0, 0.1) is 13.8 Å². The van der Waals surface area contributed by atoms with E-state index in [-0.39, 0.29) is 0 Å². The van der Waals surface area contributed by atoms with Crippen molar-refractivity contribution in [1.82, 2.24) is 14.2 Å². The maximum absolute atomic E-state index is 4.30. The number of hydrogen-bond donors (Lipinski definition) is 0. The monoisotopic (exact) mass is 167 g/mol. The second-order valence-electron chi connectivity index (χ2n) is 2.65. The molecule has 2 rings (SSSR count). The fourth-order valence-electron chi connectivity index (χ4n) is 1.30. The minimum Gasteiger partial charge on any atom is -0.265 e. The molecule has 0 bridgehead atoms. The molecule has 0 aliphatic carbocycles. The quantitative estimate of drug-likeness (QED) is 0.597. The zero-order valence-corrected chi connectivity index (χ0v) is 7.57. The van der Waals surface area contributed by atoms with E-state index in [1.54, 1.807) is 0 Å². The van der Waals surface area contributed by atoms with Crippen LogP contribution < -0.4 is 0 Å². The maximum atomic E-state index is 4.30. The van der Waals surface area contributed by atoms with Gasteiger partial charge in [-0.2, -0.15) is 9.47 Å². The van der Waals surface area contributed by atoms with Crippen molar-refractivity contribution in [1.29, 1.82) is 0 Å². The highest BCUT2D eigenvalue weighted by atomic mass is 32.1. The van der Waals surface area contributed by atoms with Gasteiger partial charge in [0.25, 0.3) is 0 Å². The summed E-state index contributed by atoms with van der Waals surface area (Å²) in [5, 5.41) is 4.30. The van der Waals surface area contributed by atoms with E-state index in [1.807, 2.05) is 25.6 Å². The Labute approximate surface area is 68.8 Å². The Hall–Kier alpha value is -0.900. The van der Waals surface area contributed by atoms with Crippen LogP contribution in [-0.4, -0.2) is 14.2 Å². The smallest absolute Gasteiger partial charge is 0.102 e. The van der Waals surface area contributed by atoms with Crippen molar-refractivity contribution in [3.8, 4) is 0 Å². The Morgan fingerprint density at radius 2 is 2.00 bits per heavy atom. The zero-order valence-electron chi connectivity index (χ0n) is 6.75. The molecule has 0 unspecified atom stereocenters. The van der Waals surface area contributed by atoms with E-state index in [2.05, 4.69) is 9.47 Å². The fraction of sp³-hybridized carbons (Fsp3) is 0.429. The molecular weight excluding hydrogens is 158 g/mol. The van der Waals surface area contributed by atoms with Gasteiger partial charge in [0.1, 0.15) is 5.52 Å². The van der Waals surface area contributed by atoms with Gasteiger partial charge in [0.15, 0.2) is 0 Å². The highest BCUT2D eigenvalue weighted by Crippen LogP contribution is 2.23. The fourth-order valence-corrected chi connectivity index (χ4v) is 2.16. The molecule has 0 fully saturated rings. The highest BCUT2D eigenvalue weighted by Gasteiger charge is 2.09. The van der Waals surface area contributed by atoms with Crippen molar-refractivity contribution in [3.05, 3.63) is 11.4 Å². The largest absolute Gasteiger partial charge is 0.265 e. The molecule has 4 heteroatoms. The van der Waals surface area contributed by atoms with Gasteiger partial charge in [-0.1, -0.05) is 0 Å². The number of aromatic nitrogens is 3. The van der Waals surface area contributed by atoms with Gasteiger partial charge in [0, 0.05) is 7.05 Å². The molecule has 0 aliphatic rings. The maximum Gasteiger partial charge on any atom is 0.102 e. The molecule has 0 aromatic carbocycles. The Balaban J connectivity index is 2.98. The summed E-state index contributed by atoms with van der Waals surface area (Å²) in [5.41, 5.74) is 3.33. The first kappa shape index (κ1) is 6.79. The van der Waals surface area contributed by atoms with Gasteiger partial charge >= 0.3 is 0 Å². The molecule has 3 nitrogen and oxygen atoms in total. The van der Waals surface area contributed by atoms with Crippen LogP contribution >= 0.6 is 11.5 Å². The molecule has 0 radical (unpaired) electrons. The van der Waals surface area contributed by atoms with Crippen LogP contribution in [0.1, 0.15) is 11.4 Å². The van der Waals surface area contributed by atoms with E-state index in [0.29, 0.717) is 0 Å². The lowest BCUT2D eigenvalue weighted by Gasteiger charge is -1.88.